The molecule has 0 spiro atoms. The van der Waals surface area contributed by atoms with Gasteiger partial charge in [0, 0.05) is 6.54 Å². The predicted molar refractivity (Wildman–Crippen MR) is 72.4 cm³/mol. The molecule has 6 heteroatoms. The number of rotatable bonds is 5. The lowest BCUT2D eigenvalue weighted by atomic mass is 10.2. The Morgan fingerprint density at radius 2 is 1.90 bits per heavy atom. The standard InChI is InChI=1S/C14H14N2O4/c1-3-9-15-12(17)13(18)16(14(15)19)10-7-5-6-8-11(10)20-4-2/h3,5-8H,1,4,9H2,2H3. The van der Waals surface area contributed by atoms with E-state index in [1.54, 1.807) is 31.2 Å². The van der Waals surface area contributed by atoms with Gasteiger partial charge in [0.05, 0.1) is 12.3 Å². The molecule has 2 rings (SSSR count). The maximum atomic E-state index is 12.2. The van der Waals surface area contributed by atoms with E-state index in [1.165, 1.54) is 6.08 Å². The Kier molecular flexibility index (Phi) is 3.84. The molecular formula is C14H14N2O4. The minimum absolute atomic E-state index is 0.00327. The third-order valence-corrected chi connectivity index (χ3v) is 2.77. The van der Waals surface area contributed by atoms with Gasteiger partial charge >= 0.3 is 17.8 Å². The number of amides is 4. The van der Waals surface area contributed by atoms with Gasteiger partial charge in [0.15, 0.2) is 0 Å². The Morgan fingerprint density at radius 3 is 2.55 bits per heavy atom. The number of carbonyl (C=O) groups excluding carboxylic acids is 3. The molecule has 0 unspecified atom stereocenters. The second kappa shape index (κ2) is 5.56. The van der Waals surface area contributed by atoms with Crippen LogP contribution in [0.4, 0.5) is 10.5 Å². The summed E-state index contributed by atoms with van der Waals surface area (Å²) in [4.78, 5) is 37.6. The Bertz CT molecular complexity index is 582. The van der Waals surface area contributed by atoms with E-state index in [0.29, 0.717) is 12.4 Å². The zero-order chi connectivity index (χ0) is 14.7. The predicted octanol–water partition coefficient (Wildman–Crippen LogP) is 1.57. The monoisotopic (exact) mass is 274 g/mol. The summed E-state index contributed by atoms with van der Waals surface area (Å²) in [7, 11) is 0. The molecule has 6 nitrogen and oxygen atoms in total. The van der Waals surface area contributed by atoms with Crippen LogP contribution in [0.1, 0.15) is 6.92 Å². The van der Waals surface area contributed by atoms with Gasteiger partial charge in [0.2, 0.25) is 0 Å². The molecule has 1 aliphatic rings. The lowest BCUT2D eigenvalue weighted by Gasteiger charge is -2.17. The van der Waals surface area contributed by atoms with Crippen molar-refractivity contribution < 1.29 is 19.1 Å². The second-order valence-electron chi connectivity index (χ2n) is 4.03. The van der Waals surface area contributed by atoms with E-state index in [-0.39, 0.29) is 12.2 Å². The Hall–Kier alpha value is -2.63. The SMILES string of the molecule is C=CCN1C(=O)C(=O)N(c2ccccc2OCC)C1=O. The first-order valence-corrected chi connectivity index (χ1v) is 6.14. The zero-order valence-electron chi connectivity index (χ0n) is 11.0. The molecule has 0 aromatic heterocycles. The van der Waals surface area contributed by atoms with Crippen LogP contribution in [-0.4, -0.2) is 35.9 Å². The molecule has 0 atom stereocenters. The molecular weight excluding hydrogens is 260 g/mol. The molecule has 104 valence electrons. The lowest BCUT2D eigenvalue weighted by Crippen LogP contribution is -2.33. The fourth-order valence-corrected chi connectivity index (χ4v) is 1.93. The number of nitrogens with zero attached hydrogens (tertiary/aromatic N) is 2. The van der Waals surface area contributed by atoms with Crippen LogP contribution in [0.25, 0.3) is 0 Å². The summed E-state index contributed by atoms with van der Waals surface area (Å²) in [5, 5.41) is 0. The first kappa shape index (κ1) is 13.8. The molecule has 0 N–H and O–H groups in total. The van der Waals surface area contributed by atoms with Crippen molar-refractivity contribution in [2.75, 3.05) is 18.1 Å². The topological polar surface area (TPSA) is 66.9 Å². The molecule has 1 aromatic rings. The molecule has 1 saturated heterocycles. The first-order valence-electron chi connectivity index (χ1n) is 6.14. The van der Waals surface area contributed by atoms with Gasteiger partial charge < -0.3 is 4.74 Å². The minimum Gasteiger partial charge on any atom is -0.492 e. The van der Waals surface area contributed by atoms with E-state index in [2.05, 4.69) is 6.58 Å². The van der Waals surface area contributed by atoms with Crippen molar-refractivity contribution in [3.8, 4) is 5.75 Å². The number of imide groups is 2. The number of anilines is 1. The van der Waals surface area contributed by atoms with E-state index < -0.39 is 17.8 Å². The summed E-state index contributed by atoms with van der Waals surface area (Å²) in [6.07, 6.45) is 1.39. The largest absolute Gasteiger partial charge is 0.492 e. The highest BCUT2D eigenvalue weighted by molar-refractivity contribution is 6.53. The van der Waals surface area contributed by atoms with Crippen LogP contribution in [0, 0.1) is 0 Å². The molecule has 0 radical (unpaired) electrons. The molecule has 1 heterocycles. The van der Waals surface area contributed by atoms with Crippen LogP contribution in [0.15, 0.2) is 36.9 Å². The molecule has 1 aliphatic heterocycles. The van der Waals surface area contributed by atoms with Crippen LogP contribution in [0.5, 0.6) is 5.75 Å². The number of ether oxygens (including phenoxy) is 1. The first-order chi connectivity index (χ1) is 9.61. The van der Waals surface area contributed by atoms with E-state index in [0.717, 1.165) is 9.80 Å². The normalized spacial score (nSPS) is 14.9. The minimum atomic E-state index is -0.885. The number of hydrogen-bond donors (Lipinski definition) is 0. The molecule has 1 aromatic carbocycles. The molecule has 4 amide bonds. The highest BCUT2D eigenvalue weighted by Crippen LogP contribution is 2.31. The van der Waals surface area contributed by atoms with Crippen molar-refractivity contribution in [3.63, 3.8) is 0 Å². The van der Waals surface area contributed by atoms with Gasteiger partial charge in [-0.2, -0.15) is 0 Å². The summed E-state index contributed by atoms with van der Waals surface area (Å²) < 4.78 is 5.38. The van der Waals surface area contributed by atoms with E-state index in [1.807, 2.05) is 0 Å². The number of urea groups is 1. The van der Waals surface area contributed by atoms with Crippen molar-refractivity contribution in [2.45, 2.75) is 6.92 Å². The molecule has 1 fully saturated rings. The number of carbonyl (C=O) groups is 3. The maximum Gasteiger partial charge on any atom is 0.339 e. The molecule has 0 aliphatic carbocycles. The van der Waals surface area contributed by atoms with Crippen LogP contribution in [0.2, 0.25) is 0 Å². The third kappa shape index (κ3) is 2.16. The highest BCUT2D eigenvalue weighted by atomic mass is 16.5. The third-order valence-electron chi connectivity index (χ3n) is 2.77. The zero-order valence-corrected chi connectivity index (χ0v) is 11.0. The summed E-state index contributed by atoms with van der Waals surface area (Å²) >= 11 is 0. The van der Waals surface area contributed by atoms with Gasteiger partial charge in [-0.3, -0.25) is 14.5 Å². The summed E-state index contributed by atoms with van der Waals surface area (Å²) in [5.41, 5.74) is 0.268. The Labute approximate surface area is 116 Å². The van der Waals surface area contributed by atoms with Crippen LogP contribution >= 0.6 is 0 Å². The van der Waals surface area contributed by atoms with Gasteiger partial charge in [0.25, 0.3) is 0 Å². The van der Waals surface area contributed by atoms with Crippen molar-refractivity contribution >= 4 is 23.5 Å². The summed E-state index contributed by atoms with van der Waals surface area (Å²) in [5.74, 6) is -1.37. The number of hydrogen-bond acceptors (Lipinski definition) is 4. The highest BCUT2D eigenvalue weighted by Gasteiger charge is 2.45. The smallest absolute Gasteiger partial charge is 0.339 e. The van der Waals surface area contributed by atoms with Crippen molar-refractivity contribution in [3.05, 3.63) is 36.9 Å². The fourth-order valence-electron chi connectivity index (χ4n) is 1.93. The summed E-state index contributed by atoms with van der Waals surface area (Å²) in [6, 6.07) is 5.90. The second-order valence-corrected chi connectivity index (χ2v) is 4.03. The van der Waals surface area contributed by atoms with E-state index in [9.17, 15) is 14.4 Å². The summed E-state index contributed by atoms with van der Waals surface area (Å²) in [6.45, 7) is 5.64. The number of benzene rings is 1. The van der Waals surface area contributed by atoms with Gasteiger partial charge in [0.1, 0.15) is 5.75 Å². The van der Waals surface area contributed by atoms with Crippen molar-refractivity contribution in [1.29, 1.82) is 0 Å². The van der Waals surface area contributed by atoms with Crippen LogP contribution in [-0.2, 0) is 9.59 Å². The number of para-hydroxylation sites is 2. The van der Waals surface area contributed by atoms with Gasteiger partial charge in [-0.15, -0.1) is 6.58 Å². The average molecular weight is 274 g/mol. The van der Waals surface area contributed by atoms with Crippen molar-refractivity contribution in [2.24, 2.45) is 0 Å². The maximum absolute atomic E-state index is 12.2. The fraction of sp³-hybridized carbons (Fsp3) is 0.214. The molecule has 0 saturated carbocycles. The lowest BCUT2D eigenvalue weighted by molar-refractivity contribution is -0.139. The molecule has 20 heavy (non-hydrogen) atoms. The van der Waals surface area contributed by atoms with Gasteiger partial charge in [-0.05, 0) is 19.1 Å². The van der Waals surface area contributed by atoms with Crippen molar-refractivity contribution in [1.82, 2.24) is 4.90 Å². The van der Waals surface area contributed by atoms with Crippen LogP contribution < -0.4 is 9.64 Å². The van der Waals surface area contributed by atoms with Crippen LogP contribution in [0.3, 0.4) is 0 Å². The van der Waals surface area contributed by atoms with Gasteiger partial charge in [-0.1, -0.05) is 18.2 Å². The van der Waals surface area contributed by atoms with E-state index >= 15 is 0 Å². The Balaban J connectivity index is 2.42. The average Bonchev–Trinajstić information content (AvgIpc) is 2.65. The Morgan fingerprint density at radius 1 is 1.20 bits per heavy atom. The quantitative estimate of drug-likeness (QED) is 0.464. The molecule has 0 bridgehead atoms. The van der Waals surface area contributed by atoms with E-state index in [4.69, 9.17) is 4.74 Å². The van der Waals surface area contributed by atoms with Gasteiger partial charge in [-0.25, -0.2) is 9.69 Å².